The second-order valence-electron chi connectivity index (χ2n) is 4.27. The predicted octanol–water partition coefficient (Wildman–Crippen LogP) is 3.64. The number of para-hydroxylation sites is 1. The Morgan fingerprint density at radius 2 is 1.95 bits per heavy atom. The topological polar surface area (TPSA) is 49.3 Å². The molecule has 98 valence electrons. The lowest BCUT2D eigenvalue weighted by atomic mass is 10.1. The molecule has 0 aromatic heterocycles. The third-order valence-electron chi connectivity index (χ3n) is 2.88. The van der Waals surface area contributed by atoms with Gasteiger partial charge in [0, 0.05) is 15.7 Å². The zero-order chi connectivity index (χ0) is 13.8. The van der Waals surface area contributed by atoms with Gasteiger partial charge >= 0.3 is 0 Å². The van der Waals surface area contributed by atoms with Crippen LogP contribution < -0.4 is 5.32 Å². The predicted molar refractivity (Wildman–Crippen MR) is 79.3 cm³/mol. The van der Waals surface area contributed by atoms with E-state index in [4.69, 9.17) is 0 Å². The zero-order valence-electron chi connectivity index (χ0n) is 10.5. The smallest absolute Gasteiger partial charge is 0.228 e. The van der Waals surface area contributed by atoms with Crippen LogP contribution >= 0.6 is 15.9 Å². The van der Waals surface area contributed by atoms with E-state index in [-0.39, 0.29) is 18.1 Å². The molecule has 0 aliphatic rings. The van der Waals surface area contributed by atoms with E-state index >= 15 is 0 Å². The van der Waals surface area contributed by atoms with E-state index in [0.29, 0.717) is 5.56 Å². The van der Waals surface area contributed by atoms with Crippen molar-refractivity contribution in [1.29, 1.82) is 0 Å². The Morgan fingerprint density at radius 1 is 1.21 bits per heavy atom. The lowest BCUT2D eigenvalue weighted by Gasteiger charge is -2.10. The van der Waals surface area contributed by atoms with Crippen molar-refractivity contribution in [2.45, 2.75) is 13.3 Å². The van der Waals surface area contributed by atoms with E-state index < -0.39 is 0 Å². The number of halogens is 1. The van der Waals surface area contributed by atoms with Crippen molar-refractivity contribution in [3.05, 3.63) is 58.1 Å². The van der Waals surface area contributed by atoms with Crippen LogP contribution in [0.25, 0.3) is 0 Å². The summed E-state index contributed by atoms with van der Waals surface area (Å²) in [4.78, 5) is 12.0. The van der Waals surface area contributed by atoms with Gasteiger partial charge in [0.15, 0.2) is 0 Å². The molecule has 1 amide bonds. The lowest BCUT2D eigenvalue weighted by molar-refractivity contribution is -0.115. The first-order chi connectivity index (χ1) is 9.08. The number of phenolic OH excluding ortho intramolecular Hbond substituents is 1. The minimum absolute atomic E-state index is 0.142. The molecule has 4 heteroatoms. The van der Waals surface area contributed by atoms with Crippen molar-refractivity contribution >= 4 is 27.5 Å². The lowest BCUT2D eigenvalue weighted by Crippen LogP contribution is -2.15. The number of carbonyl (C=O) groups excluding carboxylic acids is 1. The van der Waals surface area contributed by atoms with Gasteiger partial charge in [-0.1, -0.05) is 40.2 Å². The number of nitrogens with one attached hydrogen (secondary N) is 1. The average molecular weight is 320 g/mol. The standard InChI is InChI=1S/C15H14BrNO2/c1-10-12(16)6-4-7-13(10)17-15(19)9-11-5-2-3-8-14(11)18/h2-8,18H,9H2,1H3,(H,17,19). The van der Waals surface area contributed by atoms with Crippen molar-refractivity contribution in [3.63, 3.8) is 0 Å². The van der Waals surface area contributed by atoms with Crippen LogP contribution in [0.1, 0.15) is 11.1 Å². The Bertz CT molecular complexity index is 611. The summed E-state index contributed by atoms with van der Waals surface area (Å²) in [5, 5.41) is 12.5. The average Bonchev–Trinajstić information content (AvgIpc) is 2.38. The van der Waals surface area contributed by atoms with Gasteiger partial charge in [0.25, 0.3) is 0 Å². The molecule has 0 aliphatic carbocycles. The fourth-order valence-corrected chi connectivity index (χ4v) is 2.14. The minimum atomic E-state index is -0.150. The molecule has 0 unspecified atom stereocenters. The van der Waals surface area contributed by atoms with Gasteiger partial charge in [-0.3, -0.25) is 4.79 Å². The maximum atomic E-state index is 12.0. The number of benzene rings is 2. The van der Waals surface area contributed by atoms with Crippen LogP contribution in [0, 0.1) is 6.92 Å². The summed E-state index contributed by atoms with van der Waals surface area (Å²) >= 11 is 3.42. The second kappa shape index (κ2) is 5.89. The molecule has 0 aliphatic heterocycles. The monoisotopic (exact) mass is 319 g/mol. The van der Waals surface area contributed by atoms with Gasteiger partial charge in [-0.05, 0) is 30.7 Å². The number of phenols is 1. The van der Waals surface area contributed by atoms with Gasteiger partial charge in [-0.2, -0.15) is 0 Å². The number of aromatic hydroxyl groups is 1. The van der Waals surface area contributed by atoms with Crippen molar-refractivity contribution in [2.75, 3.05) is 5.32 Å². The highest BCUT2D eigenvalue weighted by molar-refractivity contribution is 9.10. The van der Waals surface area contributed by atoms with Gasteiger partial charge in [-0.15, -0.1) is 0 Å². The summed E-state index contributed by atoms with van der Waals surface area (Å²) in [6.07, 6.45) is 0.151. The maximum absolute atomic E-state index is 12.0. The normalized spacial score (nSPS) is 10.2. The number of amides is 1. The molecular formula is C15H14BrNO2. The zero-order valence-corrected chi connectivity index (χ0v) is 12.1. The molecule has 0 atom stereocenters. The van der Waals surface area contributed by atoms with E-state index in [0.717, 1.165) is 15.7 Å². The van der Waals surface area contributed by atoms with Gasteiger partial charge in [0.05, 0.1) is 6.42 Å². The molecule has 2 aromatic carbocycles. The Hall–Kier alpha value is -1.81. The molecule has 0 fully saturated rings. The highest BCUT2D eigenvalue weighted by Gasteiger charge is 2.09. The van der Waals surface area contributed by atoms with Crippen molar-refractivity contribution in [2.24, 2.45) is 0 Å². The Morgan fingerprint density at radius 3 is 2.68 bits per heavy atom. The number of rotatable bonds is 3. The molecule has 0 radical (unpaired) electrons. The van der Waals surface area contributed by atoms with E-state index in [2.05, 4.69) is 21.2 Å². The fourth-order valence-electron chi connectivity index (χ4n) is 1.77. The van der Waals surface area contributed by atoms with Gasteiger partial charge in [0.1, 0.15) is 5.75 Å². The Kier molecular flexibility index (Phi) is 4.22. The van der Waals surface area contributed by atoms with Crippen molar-refractivity contribution < 1.29 is 9.90 Å². The maximum Gasteiger partial charge on any atom is 0.228 e. The van der Waals surface area contributed by atoms with E-state index in [1.807, 2.05) is 25.1 Å². The van der Waals surface area contributed by atoms with Gasteiger partial charge < -0.3 is 10.4 Å². The van der Waals surface area contributed by atoms with E-state index in [1.54, 1.807) is 24.3 Å². The quantitative estimate of drug-likeness (QED) is 0.907. The molecule has 19 heavy (non-hydrogen) atoms. The van der Waals surface area contributed by atoms with Gasteiger partial charge in [0.2, 0.25) is 5.91 Å². The van der Waals surface area contributed by atoms with Crippen molar-refractivity contribution in [1.82, 2.24) is 0 Å². The van der Waals surface area contributed by atoms with Crippen LogP contribution in [-0.2, 0) is 11.2 Å². The number of anilines is 1. The summed E-state index contributed by atoms with van der Waals surface area (Å²) in [7, 11) is 0. The third kappa shape index (κ3) is 3.35. The Balaban J connectivity index is 2.10. The summed E-state index contributed by atoms with van der Waals surface area (Å²) in [5.74, 6) is -0.00804. The molecule has 0 saturated heterocycles. The summed E-state index contributed by atoms with van der Waals surface area (Å²) in [6.45, 7) is 1.93. The third-order valence-corrected chi connectivity index (χ3v) is 3.74. The first-order valence-electron chi connectivity index (χ1n) is 5.90. The molecule has 2 aromatic rings. The molecule has 2 rings (SSSR count). The highest BCUT2D eigenvalue weighted by atomic mass is 79.9. The molecule has 0 bridgehead atoms. The van der Waals surface area contributed by atoms with Crippen LogP contribution in [0.2, 0.25) is 0 Å². The second-order valence-corrected chi connectivity index (χ2v) is 5.12. The minimum Gasteiger partial charge on any atom is -0.508 e. The molecular weight excluding hydrogens is 306 g/mol. The van der Waals surface area contributed by atoms with E-state index in [1.165, 1.54) is 0 Å². The molecule has 2 N–H and O–H groups in total. The number of hydrogen-bond acceptors (Lipinski definition) is 2. The van der Waals surface area contributed by atoms with Crippen LogP contribution in [-0.4, -0.2) is 11.0 Å². The van der Waals surface area contributed by atoms with Crippen LogP contribution in [0.3, 0.4) is 0 Å². The molecule has 0 heterocycles. The van der Waals surface area contributed by atoms with Crippen LogP contribution in [0.4, 0.5) is 5.69 Å². The number of hydrogen-bond donors (Lipinski definition) is 2. The number of carbonyl (C=O) groups is 1. The Labute approximate surface area is 120 Å². The summed E-state index contributed by atoms with van der Waals surface area (Å²) < 4.78 is 0.952. The summed E-state index contributed by atoms with van der Waals surface area (Å²) in [5.41, 5.74) is 2.37. The molecule has 0 spiro atoms. The van der Waals surface area contributed by atoms with Crippen molar-refractivity contribution in [3.8, 4) is 5.75 Å². The SMILES string of the molecule is Cc1c(Br)cccc1NC(=O)Cc1ccccc1O. The van der Waals surface area contributed by atoms with Gasteiger partial charge in [-0.25, -0.2) is 0 Å². The molecule has 0 saturated carbocycles. The van der Waals surface area contributed by atoms with E-state index in [9.17, 15) is 9.90 Å². The first kappa shape index (κ1) is 13.6. The molecule has 3 nitrogen and oxygen atoms in total. The summed E-state index contributed by atoms with van der Waals surface area (Å²) in [6, 6.07) is 12.5. The van der Waals surface area contributed by atoms with Crippen LogP contribution in [0.5, 0.6) is 5.75 Å². The largest absolute Gasteiger partial charge is 0.508 e. The first-order valence-corrected chi connectivity index (χ1v) is 6.69. The fraction of sp³-hybridized carbons (Fsp3) is 0.133. The van der Waals surface area contributed by atoms with Crippen LogP contribution in [0.15, 0.2) is 46.9 Å². The highest BCUT2D eigenvalue weighted by Crippen LogP contribution is 2.24.